The normalized spacial score (nSPS) is 11.7. The molecule has 0 fully saturated rings. The fraction of sp³-hybridized carbons (Fsp3) is 0.227. The summed E-state index contributed by atoms with van der Waals surface area (Å²) in [5.41, 5.74) is 1.78. The molecular weight excluding hydrogens is 420 g/mol. The van der Waals surface area contributed by atoms with E-state index < -0.39 is 0 Å². The van der Waals surface area contributed by atoms with Crippen LogP contribution in [0.4, 0.5) is 0 Å². The van der Waals surface area contributed by atoms with Gasteiger partial charge < -0.3 is 9.73 Å². The van der Waals surface area contributed by atoms with E-state index in [2.05, 4.69) is 29.2 Å². The summed E-state index contributed by atoms with van der Waals surface area (Å²) in [6.07, 6.45) is 1.78. The zero-order chi connectivity index (χ0) is 21.5. The molecule has 1 amide bonds. The maximum absolute atomic E-state index is 12.8. The Hall–Kier alpha value is -2.74. The van der Waals surface area contributed by atoms with Crippen LogP contribution in [-0.4, -0.2) is 33.7 Å². The Kier molecular flexibility index (Phi) is 7.57. The number of carbonyl (C=O) groups is 1. The molecule has 6 nitrogen and oxygen atoms in total. The first kappa shape index (κ1) is 22.0. The number of nitrogens with one attached hydrogen (secondary N) is 1. The molecule has 1 N–H and O–H groups in total. The van der Waals surface area contributed by atoms with Crippen LogP contribution in [0.25, 0.3) is 11.8 Å². The van der Waals surface area contributed by atoms with Crippen molar-refractivity contribution >= 4 is 41.5 Å². The number of nitrogens with zero attached hydrogens (tertiary/aromatic N) is 3. The molecule has 0 bridgehead atoms. The third kappa shape index (κ3) is 5.66. The minimum Gasteiger partial charge on any atom is -0.408 e. The molecule has 0 atom stereocenters. The van der Waals surface area contributed by atoms with Crippen molar-refractivity contribution in [2.75, 3.05) is 13.1 Å². The molecule has 0 radical (unpaired) electrons. The van der Waals surface area contributed by atoms with Crippen LogP contribution in [0.1, 0.15) is 35.7 Å². The lowest BCUT2D eigenvalue weighted by Gasteiger charge is -2.16. The van der Waals surface area contributed by atoms with Crippen molar-refractivity contribution in [3.8, 4) is 0 Å². The van der Waals surface area contributed by atoms with E-state index in [0.29, 0.717) is 23.0 Å². The summed E-state index contributed by atoms with van der Waals surface area (Å²) < 4.78 is 7.34. The summed E-state index contributed by atoms with van der Waals surface area (Å²) in [6, 6.07) is 16.2. The second-order valence-corrected chi connectivity index (χ2v) is 7.33. The summed E-state index contributed by atoms with van der Waals surface area (Å²) >= 11 is 11.3. The van der Waals surface area contributed by atoms with Gasteiger partial charge in [-0.2, -0.15) is 0 Å². The Bertz CT molecular complexity index is 1070. The number of carbonyl (C=O) groups excluding carboxylic acids is 1. The van der Waals surface area contributed by atoms with E-state index in [-0.39, 0.29) is 16.6 Å². The largest absolute Gasteiger partial charge is 0.408 e. The summed E-state index contributed by atoms with van der Waals surface area (Å²) in [4.78, 5) is 15.2. The van der Waals surface area contributed by atoms with Crippen molar-refractivity contribution in [1.29, 1.82) is 0 Å². The van der Waals surface area contributed by atoms with Crippen LogP contribution >= 0.6 is 23.8 Å². The Morgan fingerprint density at radius 3 is 2.47 bits per heavy atom. The lowest BCUT2D eigenvalue weighted by atomic mass is 10.1. The summed E-state index contributed by atoms with van der Waals surface area (Å²) in [5, 5.41) is 8.02. The van der Waals surface area contributed by atoms with Crippen LogP contribution in [0.2, 0.25) is 5.02 Å². The van der Waals surface area contributed by atoms with E-state index in [1.165, 1.54) is 0 Å². The smallest absolute Gasteiger partial charge is 0.288 e. The molecule has 0 spiro atoms. The first-order valence-corrected chi connectivity index (χ1v) is 10.4. The van der Waals surface area contributed by atoms with Gasteiger partial charge in [0.05, 0.1) is 6.67 Å². The molecule has 156 valence electrons. The van der Waals surface area contributed by atoms with Gasteiger partial charge in [0.2, 0.25) is 0 Å². The Morgan fingerprint density at radius 2 is 1.83 bits per heavy atom. The van der Waals surface area contributed by atoms with Crippen molar-refractivity contribution in [3.05, 3.63) is 81.5 Å². The van der Waals surface area contributed by atoms with Gasteiger partial charge >= 0.3 is 0 Å². The van der Waals surface area contributed by atoms with Crippen LogP contribution in [0.5, 0.6) is 0 Å². The van der Waals surface area contributed by atoms with E-state index in [9.17, 15) is 4.79 Å². The minimum absolute atomic E-state index is 0.242. The van der Waals surface area contributed by atoms with Crippen molar-refractivity contribution in [1.82, 2.24) is 20.0 Å². The van der Waals surface area contributed by atoms with Crippen LogP contribution in [0, 0.1) is 4.84 Å². The maximum Gasteiger partial charge on any atom is 0.288 e. The van der Waals surface area contributed by atoms with Gasteiger partial charge in [0, 0.05) is 10.6 Å². The summed E-state index contributed by atoms with van der Waals surface area (Å²) in [6.45, 7) is 6.37. The van der Waals surface area contributed by atoms with E-state index in [1.807, 2.05) is 30.3 Å². The molecule has 0 aliphatic carbocycles. The van der Waals surface area contributed by atoms with Gasteiger partial charge in [-0.1, -0.05) is 55.8 Å². The van der Waals surface area contributed by atoms with Crippen molar-refractivity contribution in [2.24, 2.45) is 0 Å². The van der Waals surface area contributed by atoms with E-state index in [1.54, 1.807) is 35.0 Å². The molecule has 0 unspecified atom stereocenters. The highest BCUT2D eigenvalue weighted by Crippen LogP contribution is 2.18. The molecule has 0 aliphatic rings. The Balaban J connectivity index is 1.96. The number of halogens is 1. The maximum atomic E-state index is 12.8. The SMILES string of the molecule is CCN(CC)Cn1nc(/C(=C/c2ccc(Cl)cc2)NC(=O)c2ccccc2)oc1=S. The monoisotopic (exact) mass is 442 g/mol. The van der Waals surface area contributed by atoms with E-state index in [0.717, 1.165) is 18.7 Å². The fourth-order valence-electron chi connectivity index (χ4n) is 2.78. The number of rotatable bonds is 8. The highest BCUT2D eigenvalue weighted by molar-refractivity contribution is 7.71. The lowest BCUT2D eigenvalue weighted by Crippen LogP contribution is -2.27. The molecule has 3 rings (SSSR count). The molecule has 30 heavy (non-hydrogen) atoms. The van der Waals surface area contributed by atoms with Gasteiger partial charge in [-0.25, -0.2) is 4.68 Å². The van der Waals surface area contributed by atoms with Gasteiger partial charge in [-0.05, 0) is 61.2 Å². The molecular formula is C22H23ClN4O2S. The molecule has 0 saturated heterocycles. The first-order chi connectivity index (χ1) is 14.5. The zero-order valence-electron chi connectivity index (χ0n) is 16.8. The minimum atomic E-state index is -0.268. The van der Waals surface area contributed by atoms with Gasteiger partial charge in [-0.15, -0.1) is 5.10 Å². The van der Waals surface area contributed by atoms with Gasteiger partial charge in [-0.3, -0.25) is 9.69 Å². The van der Waals surface area contributed by atoms with Gasteiger partial charge in [0.25, 0.3) is 16.6 Å². The van der Waals surface area contributed by atoms with Crippen molar-refractivity contribution in [3.63, 3.8) is 0 Å². The number of amides is 1. The summed E-state index contributed by atoms with van der Waals surface area (Å²) in [5.74, 6) is -0.0263. The topological polar surface area (TPSA) is 63.3 Å². The lowest BCUT2D eigenvalue weighted by molar-refractivity contribution is 0.0973. The molecule has 0 saturated carbocycles. The number of hydrogen-bond acceptors (Lipinski definition) is 5. The average Bonchev–Trinajstić information content (AvgIpc) is 3.13. The highest BCUT2D eigenvalue weighted by atomic mass is 35.5. The van der Waals surface area contributed by atoms with Crippen LogP contribution < -0.4 is 5.32 Å². The molecule has 0 aliphatic heterocycles. The quantitative estimate of drug-likeness (QED) is 0.492. The predicted molar refractivity (Wildman–Crippen MR) is 121 cm³/mol. The van der Waals surface area contributed by atoms with Gasteiger partial charge in [0.1, 0.15) is 5.70 Å². The molecule has 1 heterocycles. The van der Waals surface area contributed by atoms with Crippen molar-refractivity contribution in [2.45, 2.75) is 20.5 Å². The third-order valence-corrected chi connectivity index (χ3v) is 5.08. The highest BCUT2D eigenvalue weighted by Gasteiger charge is 2.16. The molecule has 1 aromatic heterocycles. The summed E-state index contributed by atoms with van der Waals surface area (Å²) in [7, 11) is 0. The second kappa shape index (κ2) is 10.3. The number of aromatic nitrogens is 2. The fourth-order valence-corrected chi connectivity index (χ4v) is 3.08. The zero-order valence-corrected chi connectivity index (χ0v) is 18.4. The molecule has 8 heteroatoms. The Labute approximate surface area is 185 Å². The molecule has 2 aromatic carbocycles. The van der Waals surface area contributed by atoms with E-state index in [4.69, 9.17) is 28.2 Å². The Morgan fingerprint density at radius 1 is 1.17 bits per heavy atom. The second-order valence-electron chi connectivity index (χ2n) is 6.55. The van der Waals surface area contributed by atoms with Crippen LogP contribution in [-0.2, 0) is 6.67 Å². The number of hydrogen-bond donors (Lipinski definition) is 1. The standard InChI is InChI=1S/C22H23ClN4O2S/c1-3-26(4-2)15-27-22(30)29-21(25-27)19(14-16-10-12-18(23)13-11-16)24-20(28)17-8-6-5-7-9-17/h5-14H,3-4,15H2,1-2H3,(H,24,28)/b19-14-. The van der Waals surface area contributed by atoms with E-state index >= 15 is 0 Å². The number of benzene rings is 2. The third-order valence-electron chi connectivity index (χ3n) is 4.53. The van der Waals surface area contributed by atoms with Crippen molar-refractivity contribution < 1.29 is 9.21 Å². The predicted octanol–water partition coefficient (Wildman–Crippen LogP) is 5.09. The first-order valence-electron chi connectivity index (χ1n) is 9.64. The van der Waals surface area contributed by atoms with Crippen LogP contribution in [0.15, 0.2) is 59.0 Å². The average molecular weight is 443 g/mol. The van der Waals surface area contributed by atoms with Crippen LogP contribution in [0.3, 0.4) is 0 Å². The van der Waals surface area contributed by atoms with Gasteiger partial charge in [0.15, 0.2) is 0 Å². The molecule has 3 aromatic rings.